The molecule has 0 bridgehead atoms. The van der Waals surface area contributed by atoms with Gasteiger partial charge in [-0.2, -0.15) is 0 Å². The Hall–Kier alpha value is -1.46. The molecule has 1 aromatic rings. The van der Waals surface area contributed by atoms with Gasteiger partial charge in [0.2, 0.25) is 0 Å². The van der Waals surface area contributed by atoms with Crippen LogP contribution in [0.1, 0.15) is 22.8 Å². The fraction of sp³-hybridized carbons (Fsp3) is 0.364. The summed E-state index contributed by atoms with van der Waals surface area (Å²) in [4.78, 5) is 16.2. The average Bonchev–Trinajstić information content (AvgIpc) is 2.25. The van der Waals surface area contributed by atoms with Gasteiger partial charge in [-0.25, -0.2) is 9.87 Å². The maximum absolute atomic E-state index is 13.3. The van der Waals surface area contributed by atoms with Crippen molar-refractivity contribution in [1.29, 1.82) is 0 Å². The first-order valence-electron chi connectivity index (χ1n) is 4.87. The number of aliphatic hydroxyl groups is 1. The molecule has 0 saturated carbocycles. The van der Waals surface area contributed by atoms with Gasteiger partial charge in [0.15, 0.2) is 0 Å². The molecule has 1 atom stereocenters. The van der Waals surface area contributed by atoms with Crippen LogP contribution >= 0.6 is 0 Å². The third-order valence-corrected chi connectivity index (χ3v) is 1.98. The van der Waals surface area contributed by atoms with E-state index in [0.29, 0.717) is 0 Å². The minimum atomic E-state index is -0.669. The Kier molecular flexibility index (Phi) is 4.39. The van der Waals surface area contributed by atoms with Crippen molar-refractivity contribution < 1.29 is 19.1 Å². The van der Waals surface area contributed by atoms with E-state index in [2.05, 4.69) is 5.48 Å². The lowest BCUT2D eigenvalue weighted by Gasteiger charge is -2.10. The van der Waals surface area contributed by atoms with Crippen LogP contribution in [0.5, 0.6) is 0 Å². The summed E-state index contributed by atoms with van der Waals surface area (Å²) in [6.45, 7) is 3.08. The molecule has 0 fully saturated rings. The second-order valence-corrected chi connectivity index (χ2v) is 3.53. The predicted octanol–water partition coefficient (Wildman–Crippen LogP) is 1.18. The largest absolute Gasteiger partial charge is 0.394 e. The Bertz CT molecular complexity index is 381. The highest BCUT2D eigenvalue weighted by atomic mass is 19.1. The lowest BCUT2D eigenvalue weighted by atomic mass is 10.1. The highest BCUT2D eigenvalue weighted by Crippen LogP contribution is 2.09. The van der Waals surface area contributed by atoms with Crippen LogP contribution in [0, 0.1) is 12.7 Å². The molecule has 16 heavy (non-hydrogen) atoms. The molecule has 1 amide bonds. The van der Waals surface area contributed by atoms with Crippen molar-refractivity contribution in [3.63, 3.8) is 0 Å². The maximum Gasteiger partial charge on any atom is 0.277 e. The SMILES string of the molecule is Cc1ccc(C(=O)NOC(C)CO)c(F)c1. The topological polar surface area (TPSA) is 58.6 Å². The molecule has 0 saturated heterocycles. The lowest BCUT2D eigenvalue weighted by molar-refractivity contribution is -0.0305. The Morgan fingerprint density at radius 3 is 2.88 bits per heavy atom. The molecule has 88 valence electrons. The molecule has 2 N–H and O–H groups in total. The Morgan fingerprint density at radius 2 is 2.31 bits per heavy atom. The first kappa shape index (κ1) is 12.6. The monoisotopic (exact) mass is 227 g/mol. The zero-order chi connectivity index (χ0) is 12.1. The van der Waals surface area contributed by atoms with E-state index in [1.165, 1.54) is 12.1 Å². The molecule has 0 aliphatic heterocycles. The van der Waals surface area contributed by atoms with Crippen LogP contribution in [0.25, 0.3) is 0 Å². The summed E-state index contributed by atoms with van der Waals surface area (Å²) in [5.41, 5.74) is 2.72. The van der Waals surface area contributed by atoms with Crippen molar-refractivity contribution in [1.82, 2.24) is 5.48 Å². The van der Waals surface area contributed by atoms with Crippen LogP contribution < -0.4 is 5.48 Å². The molecule has 0 radical (unpaired) electrons. The third-order valence-electron chi connectivity index (χ3n) is 1.98. The van der Waals surface area contributed by atoms with Crippen molar-refractivity contribution in [3.05, 3.63) is 35.1 Å². The van der Waals surface area contributed by atoms with Crippen LogP contribution in [0.4, 0.5) is 4.39 Å². The summed E-state index contributed by atoms with van der Waals surface area (Å²) < 4.78 is 13.3. The quantitative estimate of drug-likeness (QED) is 0.759. The van der Waals surface area contributed by atoms with Gasteiger partial charge in [0.05, 0.1) is 12.2 Å². The fourth-order valence-corrected chi connectivity index (χ4v) is 1.05. The van der Waals surface area contributed by atoms with Crippen LogP contribution in [0.2, 0.25) is 0 Å². The van der Waals surface area contributed by atoms with Gasteiger partial charge in [-0.05, 0) is 31.5 Å². The second-order valence-electron chi connectivity index (χ2n) is 3.53. The predicted molar refractivity (Wildman–Crippen MR) is 56.2 cm³/mol. The number of aliphatic hydroxyl groups excluding tert-OH is 1. The number of aryl methyl sites for hydroxylation is 1. The summed E-state index contributed by atoms with van der Waals surface area (Å²) in [7, 11) is 0. The van der Waals surface area contributed by atoms with Crippen LogP contribution in [-0.2, 0) is 4.84 Å². The number of halogens is 1. The van der Waals surface area contributed by atoms with Gasteiger partial charge in [0.25, 0.3) is 5.91 Å². The molecular weight excluding hydrogens is 213 g/mol. The molecule has 0 heterocycles. The third kappa shape index (κ3) is 3.29. The number of carbonyl (C=O) groups excluding carboxylic acids is 1. The van der Waals surface area contributed by atoms with Crippen molar-refractivity contribution in [2.45, 2.75) is 20.0 Å². The summed E-state index contributed by atoms with van der Waals surface area (Å²) in [5.74, 6) is -1.27. The number of nitrogens with one attached hydrogen (secondary N) is 1. The van der Waals surface area contributed by atoms with Crippen molar-refractivity contribution in [2.24, 2.45) is 0 Å². The number of hydroxylamine groups is 1. The summed E-state index contributed by atoms with van der Waals surface area (Å²) in [5, 5.41) is 8.66. The van der Waals surface area contributed by atoms with Crippen LogP contribution in [0.3, 0.4) is 0 Å². The van der Waals surface area contributed by atoms with E-state index in [-0.39, 0.29) is 12.2 Å². The van der Waals surface area contributed by atoms with Gasteiger partial charge in [-0.1, -0.05) is 6.07 Å². The van der Waals surface area contributed by atoms with Gasteiger partial charge in [-0.15, -0.1) is 0 Å². The highest BCUT2D eigenvalue weighted by Gasteiger charge is 2.12. The molecular formula is C11H14FNO3. The number of benzene rings is 1. The average molecular weight is 227 g/mol. The smallest absolute Gasteiger partial charge is 0.277 e. The van der Waals surface area contributed by atoms with Gasteiger partial charge in [-0.3, -0.25) is 9.63 Å². The first-order valence-corrected chi connectivity index (χ1v) is 4.87. The number of amides is 1. The van der Waals surface area contributed by atoms with Gasteiger partial charge < -0.3 is 5.11 Å². The normalized spacial score (nSPS) is 12.2. The number of carbonyl (C=O) groups is 1. The number of hydrogen-bond donors (Lipinski definition) is 2. The molecule has 1 rings (SSSR count). The van der Waals surface area contributed by atoms with E-state index in [9.17, 15) is 9.18 Å². The van der Waals surface area contributed by atoms with Crippen LogP contribution in [-0.4, -0.2) is 23.7 Å². The van der Waals surface area contributed by atoms with Gasteiger partial charge >= 0.3 is 0 Å². The molecule has 1 unspecified atom stereocenters. The second kappa shape index (κ2) is 5.58. The van der Waals surface area contributed by atoms with Crippen molar-refractivity contribution in [3.8, 4) is 0 Å². The fourth-order valence-electron chi connectivity index (χ4n) is 1.05. The Morgan fingerprint density at radius 1 is 1.62 bits per heavy atom. The minimum Gasteiger partial charge on any atom is -0.394 e. The van der Waals surface area contributed by atoms with Crippen LogP contribution in [0.15, 0.2) is 18.2 Å². The molecule has 0 aromatic heterocycles. The minimum absolute atomic E-state index is 0.0873. The molecule has 4 nitrogen and oxygen atoms in total. The van der Waals surface area contributed by atoms with E-state index in [4.69, 9.17) is 9.94 Å². The molecule has 0 aliphatic carbocycles. The zero-order valence-corrected chi connectivity index (χ0v) is 9.16. The van der Waals surface area contributed by atoms with Gasteiger partial charge in [0.1, 0.15) is 11.9 Å². The Balaban J connectivity index is 2.66. The summed E-state index contributed by atoms with van der Waals surface area (Å²) >= 11 is 0. The van der Waals surface area contributed by atoms with E-state index < -0.39 is 17.8 Å². The van der Waals surface area contributed by atoms with E-state index in [0.717, 1.165) is 5.56 Å². The Labute approximate surface area is 93.0 Å². The standard InChI is InChI=1S/C11H14FNO3/c1-7-3-4-9(10(12)5-7)11(15)13-16-8(2)6-14/h3-5,8,14H,6H2,1-2H3,(H,13,15). The highest BCUT2D eigenvalue weighted by molar-refractivity contribution is 5.93. The maximum atomic E-state index is 13.3. The number of hydrogen-bond acceptors (Lipinski definition) is 3. The van der Waals surface area contributed by atoms with Crippen molar-refractivity contribution in [2.75, 3.05) is 6.61 Å². The van der Waals surface area contributed by atoms with Gasteiger partial charge in [0, 0.05) is 0 Å². The van der Waals surface area contributed by atoms with E-state index >= 15 is 0 Å². The lowest BCUT2D eigenvalue weighted by Crippen LogP contribution is -2.30. The molecule has 0 aliphatic rings. The number of rotatable bonds is 4. The zero-order valence-electron chi connectivity index (χ0n) is 9.16. The first-order chi connectivity index (χ1) is 7.54. The van der Waals surface area contributed by atoms with E-state index in [1.54, 1.807) is 19.9 Å². The molecule has 0 spiro atoms. The molecule has 5 heteroatoms. The summed E-state index contributed by atoms with van der Waals surface area (Å²) in [6, 6.07) is 4.28. The summed E-state index contributed by atoms with van der Waals surface area (Å²) in [6.07, 6.45) is -0.530. The molecule has 1 aromatic carbocycles. The van der Waals surface area contributed by atoms with Crippen molar-refractivity contribution >= 4 is 5.91 Å². The van der Waals surface area contributed by atoms with E-state index in [1.807, 2.05) is 0 Å².